The molecule has 0 spiro atoms. The Morgan fingerprint density at radius 1 is 1.28 bits per heavy atom. The van der Waals surface area contributed by atoms with E-state index in [4.69, 9.17) is 4.52 Å². The monoisotopic (exact) mass is 353 g/mol. The lowest BCUT2D eigenvalue weighted by Gasteiger charge is -2.32. The van der Waals surface area contributed by atoms with Crippen LogP contribution in [0, 0.1) is 6.92 Å². The van der Waals surface area contributed by atoms with Crippen LogP contribution in [-0.4, -0.2) is 43.2 Å². The highest BCUT2D eigenvalue weighted by atomic mass is 19.4. The maximum Gasteiger partial charge on any atom is 0.451 e. The van der Waals surface area contributed by atoms with Crippen molar-refractivity contribution in [2.75, 3.05) is 18.0 Å². The molecule has 0 radical (unpaired) electrons. The van der Waals surface area contributed by atoms with E-state index in [0.29, 0.717) is 30.3 Å². The molecule has 1 atom stereocenters. The number of halogens is 3. The number of fused-ring (bicyclic) bond motifs is 1. The van der Waals surface area contributed by atoms with Crippen molar-refractivity contribution in [1.82, 2.24) is 30.1 Å². The predicted molar refractivity (Wildman–Crippen MR) is 79.9 cm³/mol. The molecule has 0 saturated carbocycles. The van der Waals surface area contributed by atoms with E-state index in [2.05, 4.69) is 30.1 Å². The summed E-state index contributed by atoms with van der Waals surface area (Å²) in [5, 5.41) is 3.78. The van der Waals surface area contributed by atoms with Gasteiger partial charge in [0.25, 0.3) is 0 Å². The number of imidazole rings is 1. The second-order valence-corrected chi connectivity index (χ2v) is 5.93. The average molecular weight is 353 g/mol. The summed E-state index contributed by atoms with van der Waals surface area (Å²) in [5.41, 5.74) is 0.378. The minimum Gasteiger partial charge on any atom is -0.354 e. The summed E-state index contributed by atoms with van der Waals surface area (Å²) in [7, 11) is 0. The quantitative estimate of drug-likeness (QED) is 0.756. The first-order valence-corrected chi connectivity index (χ1v) is 7.75. The van der Waals surface area contributed by atoms with Crippen molar-refractivity contribution in [3.05, 3.63) is 23.9 Å². The molecule has 3 aromatic rings. The van der Waals surface area contributed by atoms with E-state index < -0.39 is 12.0 Å². The SMILES string of the molecule is Cc1noc(C2CCCN(c3nc(C(F)(F)F)nc4nc[nH]c34)C2)n1. The second-order valence-electron chi connectivity index (χ2n) is 5.93. The fraction of sp³-hybridized carbons (Fsp3) is 0.500. The topological polar surface area (TPSA) is 96.6 Å². The Balaban J connectivity index is 1.72. The van der Waals surface area contributed by atoms with Crippen molar-refractivity contribution in [3.63, 3.8) is 0 Å². The minimum atomic E-state index is -4.64. The molecule has 0 bridgehead atoms. The van der Waals surface area contributed by atoms with Gasteiger partial charge < -0.3 is 14.4 Å². The van der Waals surface area contributed by atoms with Gasteiger partial charge in [0, 0.05) is 13.1 Å². The molecule has 1 saturated heterocycles. The van der Waals surface area contributed by atoms with Crippen LogP contribution < -0.4 is 4.90 Å². The van der Waals surface area contributed by atoms with Crippen LogP contribution in [0.4, 0.5) is 19.0 Å². The predicted octanol–water partition coefficient (Wildman–Crippen LogP) is 2.45. The fourth-order valence-corrected chi connectivity index (χ4v) is 3.02. The third-order valence-electron chi connectivity index (χ3n) is 4.13. The van der Waals surface area contributed by atoms with Crippen LogP contribution in [0.15, 0.2) is 10.9 Å². The number of anilines is 1. The van der Waals surface area contributed by atoms with Crippen LogP contribution in [0.2, 0.25) is 0 Å². The molecule has 8 nitrogen and oxygen atoms in total. The average Bonchev–Trinajstić information content (AvgIpc) is 3.21. The summed E-state index contributed by atoms with van der Waals surface area (Å²) < 4.78 is 44.5. The molecule has 0 amide bonds. The van der Waals surface area contributed by atoms with Crippen molar-refractivity contribution < 1.29 is 17.7 Å². The van der Waals surface area contributed by atoms with Crippen molar-refractivity contribution >= 4 is 17.0 Å². The number of H-pyrrole nitrogens is 1. The first kappa shape index (κ1) is 15.8. The van der Waals surface area contributed by atoms with Crippen molar-refractivity contribution in [2.45, 2.75) is 31.9 Å². The van der Waals surface area contributed by atoms with Crippen LogP contribution >= 0.6 is 0 Å². The number of aromatic amines is 1. The molecule has 1 unspecified atom stereocenters. The van der Waals surface area contributed by atoms with Gasteiger partial charge in [-0.15, -0.1) is 0 Å². The van der Waals surface area contributed by atoms with Gasteiger partial charge in [0.05, 0.1) is 12.2 Å². The highest BCUT2D eigenvalue weighted by molar-refractivity contribution is 5.83. The van der Waals surface area contributed by atoms with Gasteiger partial charge >= 0.3 is 6.18 Å². The molecule has 11 heteroatoms. The molecule has 132 valence electrons. The van der Waals surface area contributed by atoms with Gasteiger partial charge in [-0.25, -0.2) is 15.0 Å². The zero-order chi connectivity index (χ0) is 17.6. The van der Waals surface area contributed by atoms with Gasteiger partial charge in [-0.1, -0.05) is 5.16 Å². The van der Waals surface area contributed by atoms with Crippen molar-refractivity contribution in [3.8, 4) is 0 Å². The van der Waals surface area contributed by atoms with Gasteiger partial charge in [0.2, 0.25) is 11.7 Å². The standard InChI is InChI=1S/C14H14F3N7O/c1-7-20-12(25-23-7)8-3-2-4-24(5-8)11-9-10(19-6-18-9)21-13(22-11)14(15,16)17/h6,8H,2-5H2,1H3,(H,18,19,21,22). The molecule has 4 heterocycles. The van der Waals surface area contributed by atoms with Gasteiger partial charge in [-0.05, 0) is 19.8 Å². The number of piperidine rings is 1. The van der Waals surface area contributed by atoms with Crippen LogP contribution in [-0.2, 0) is 6.18 Å². The van der Waals surface area contributed by atoms with E-state index in [9.17, 15) is 13.2 Å². The summed E-state index contributed by atoms with van der Waals surface area (Å²) in [6.07, 6.45) is -1.74. The lowest BCUT2D eigenvalue weighted by Crippen LogP contribution is -2.35. The highest BCUT2D eigenvalue weighted by Gasteiger charge is 2.37. The number of rotatable bonds is 2. The molecule has 1 aliphatic rings. The van der Waals surface area contributed by atoms with Gasteiger partial charge in [0.1, 0.15) is 5.52 Å². The van der Waals surface area contributed by atoms with E-state index in [-0.39, 0.29) is 17.4 Å². The highest BCUT2D eigenvalue weighted by Crippen LogP contribution is 2.34. The number of nitrogens with zero attached hydrogens (tertiary/aromatic N) is 6. The largest absolute Gasteiger partial charge is 0.451 e. The maximum absolute atomic E-state index is 13.1. The third kappa shape index (κ3) is 2.89. The first-order chi connectivity index (χ1) is 11.9. The Kier molecular flexibility index (Phi) is 3.58. The molecule has 0 aliphatic carbocycles. The van der Waals surface area contributed by atoms with E-state index in [1.807, 2.05) is 0 Å². The molecule has 1 aliphatic heterocycles. The first-order valence-electron chi connectivity index (χ1n) is 7.75. The van der Waals surface area contributed by atoms with E-state index in [1.165, 1.54) is 6.33 Å². The summed E-state index contributed by atoms with van der Waals surface area (Å²) in [5.74, 6) is -0.0384. The van der Waals surface area contributed by atoms with Gasteiger partial charge in [0.15, 0.2) is 17.3 Å². The summed E-state index contributed by atoms with van der Waals surface area (Å²) in [4.78, 5) is 19.9. The van der Waals surface area contributed by atoms with E-state index >= 15 is 0 Å². The number of aromatic nitrogens is 6. The number of hydrogen-bond acceptors (Lipinski definition) is 7. The third-order valence-corrected chi connectivity index (χ3v) is 4.13. The molecule has 3 aromatic heterocycles. The minimum absolute atomic E-state index is 0.00640. The summed E-state index contributed by atoms with van der Waals surface area (Å²) in [6.45, 7) is 2.73. The Morgan fingerprint density at radius 3 is 2.84 bits per heavy atom. The zero-order valence-electron chi connectivity index (χ0n) is 13.2. The maximum atomic E-state index is 13.1. The molecule has 25 heavy (non-hydrogen) atoms. The molecule has 4 rings (SSSR count). The second kappa shape index (κ2) is 5.67. The smallest absolute Gasteiger partial charge is 0.354 e. The van der Waals surface area contributed by atoms with E-state index in [0.717, 1.165) is 12.8 Å². The molecular formula is C14H14F3N7O. The Bertz CT molecular complexity index is 903. The number of nitrogens with one attached hydrogen (secondary N) is 1. The summed E-state index contributed by atoms with van der Waals surface area (Å²) in [6, 6.07) is 0. The normalized spacial score (nSPS) is 18.9. The molecule has 1 fully saturated rings. The van der Waals surface area contributed by atoms with Gasteiger partial charge in [-0.3, -0.25) is 0 Å². The number of hydrogen-bond donors (Lipinski definition) is 1. The van der Waals surface area contributed by atoms with Gasteiger partial charge in [-0.2, -0.15) is 18.2 Å². The Hall–Kier alpha value is -2.72. The Labute approximate surface area is 139 Å². The van der Waals surface area contributed by atoms with Crippen molar-refractivity contribution in [2.24, 2.45) is 0 Å². The summed E-state index contributed by atoms with van der Waals surface area (Å²) >= 11 is 0. The number of aryl methyl sites for hydroxylation is 1. The number of alkyl halides is 3. The van der Waals surface area contributed by atoms with Crippen LogP contribution in [0.25, 0.3) is 11.2 Å². The van der Waals surface area contributed by atoms with E-state index in [1.54, 1.807) is 11.8 Å². The fourth-order valence-electron chi connectivity index (χ4n) is 3.02. The Morgan fingerprint density at radius 2 is 2.12 bits per heavy atom. The van der Waals surface area contributed by atoms with Crippen LogP contribution in [0.5, 0.6) is 0 Å². The zero-order valence-corrected chi connectivity index (χ0v) is 13.2. The van der Waals surface area contributed by atoms with Crippen LogP contribution in [0.3, 0.4) is 0 Å². The lowest BCUT2D eigenvalue weighted by molar-refractivity contribution is -0.144. The molecular weight excluding hydrogens is 339 g/mol. The van der Waals surface area contributed by atoms with Crippen molar-refractivity contribution in [1.29, 1.82) is 0 Å². The van der Waals surface area contributed by atoms with Crippen LogP contribution in [0.1, 0.15) is 36.3 Å². The molecule has 0 aromatic carbocycles. The molecule has 1 N–H and O–H groups in total. The lowest BCUT2D eigenvalue weighted by atomic mass is 9.98.